The fraction of sp³-hybridized carbons (Fsp3) is 0.158. The lowest BCUT2D eigenvalue weighted by atomic mass is 10.1. The number of phenolic OH excluding ortho intramolecular Hbond substituents is 1. The summed E-state index contributed by atoms with van der Waals surface area (Å²) < 4.78 is 19.3. The molecule has 1 aliphatic rings. The second-order valence-electron chi connectivity index (χ2n) is 5.63. The minimum Gasteiger partial charge on any atom is -0.504 e. The second kappa shape index (κ2) is 8.02. The van der Waals surface area contributed by atoms with E-state index in [0.717, 1.165) is 16.7 Å². The van der Waals surface area contributed by atoms with Crippen LogP contribution in [0.15, 0.2) is 41.3 Å². The molecule has 0 bridgehead atoms. The SMILES string of the molecule is CCOc1cc(/C=C2/SC(=O)N(Cc3c(F)cccc3Cl)C2=O)ccc1O. The molecule has 2 aromatic rings. The van der Waals surface area contributed by atoms with Gasteiger partial charge in [0.2, 0.25) is 0 Å². The molecule has 0 spiro atoms. The van der Waals surface area contributed by atoms with Gasteiger partial charge in [0.1, 0.15) is 5.82 Å². The zero-order chi connectivity index (χ0) is 19.6. The van der Waals surface area contributed by atoms with Gasteiger partial charge in [-0.1, -0.05) is 23.7 Å². The predicted octanol–water partition coefficient (Wildman–Crippen LogP) is 4.82. The molecule has 8 heteroatoms. The van der Waals surface area contributed by atoms with Crippen molar-refractivity contribution in [2.24, 2.45) is 0 Å². The molecule has 1 saturated heterocycles. The third kappa shape index (κ3) is 4.09. The van der Waals surface area contributed by atoms with Gasteiger partial charge in [0.05, 0.1) is 18.1 Å². The van der Waals surface area contributed by atoms with Crippen molar-refractivity contribution in [2.75, 3.05) is 6.61 Å². The van der Waals surface area contributed by atoms with Crippen molar-refractivity contribution < 1.29 is 23.8 Å². The number of hydrogen-bond acceptors (Lipinski definition) is 5. The molecule has 0 saturated carbocycles. The monoisotopic (exact) mass is 407 g/mol. The van der Waals surface area contributed by atoms with Gasteiger partial charge in [0, 0.05) is 10.6 Å². The Balaban J connectivity index is 1.86. The summed E-state index contributed by atoms with van der Waals surface area (Å²) in [6.45, 7) is 1.91. The first-order valence-electron chi connectivity index (χ1n) is 8.04. The van der Waals surface area contributed by atoms with Crippen LogP contribution in [0.25, 0.3) is 6.08 Å². The summed E-state index contributed by atoms with van der Waals surface area (Å²) in [5.74, 6) is -0.847. The van der Waals surface area contributed by atoms with E-state index in [1.807, 2.05) is 0 Å². The smallest absolute Gasteiger partial charge is 0.293 e. The van der Waals surface area contributed by atoms with E-state index in [1.54, 1.807) is 19.1 Å². The largest absolute Gasteiger partial charge is 0.504 e. The lowest BCUT2D eigenvalue weighted by Crippen LogP contribution is -2.28. The minimum absolute atomic E-state index is 0.0173. The van der Waals surface area contributed by atoms with Crippen molar-refractivity contribution in [2.45, 2.75) is 13.5 Å². The van der Waals surface area contributed by atoms with Crippen LogP contribution in [-0.4, -0.2) is 27.8 Å². The van der Waals surface area contributed by atoms with E-state index in [-0.39, 0.29) is 33.5 Å². The molecule has 1 N–H and O–H groups in total. The number of ether oxygens (including phenoxy) is 1. The van der Waals surface area contributed by atoms with Crippen molar-refractivity contribution in [1.29, 1.82) is 0 Å². The van der Waals surface area contributed by atoms with E-state index in [1.165, 1.54) is 30.3 Å². The maximum Gasteiger partial charge on any atom is 0.293 e. The Labute approximate surface area is 164 Å². The molecule has 2 aromatic carbocycles. The number of carbonyl (C=O) groups is 2. The third-order valence-corrected chi connectivity index (χ3v) is 5.09. The molecule has 1 heterocycles. The highest BCUT2D eigenvalue weighted by molar-refractivity contribution is 8.18. The first-order chi connectivity index (χ1) is 12.9. The zero-order valence-electron chi connectivity index (χ0n) is 14.2. The van der Waals surface area contributed by atoms with Gasteiger partial charge in [0.15, 0.2) is 11.5 Å². The molecule has 0 aromatic heterocycles. The van der Waals surface area contributed by atoms with Gasteiger partial charge in [-0.3, -0.25) is 14.5 Å². The summed E-state index contributed by atoms with van der Waals surface area (Å²) >= 11 is 6.74. The van der Waals surface area contributed by atoms with E-state index < -0.39 is 17.0 Å². The Morgan fingerprint density at radius 1 is 1.30 bits per heavy atom. The molecule has 0 aliphatic carbocycles. The van der Waals surface area contributed by atoms with Crippen LogP contribution in [0.3, 0.4) is 0 Å². The van der Waals surface area contributed by atoms with Crippen LogP contribution in [0.1, 0.15) is 18.1 Å². The number of halogens is 2. The molecule has 1 fully saturated rings. The summed E-state index contributed by atoms with van der Waals surface area (Å²) in [7, 11) is 0. The molecule has 1 aliphatic heterocycles. The minimum atomic E-state index is -0.578. The standard InChI is InChI=1S/C19H15ClFNO4S/c1-2-26-16-8-11(6-7-15(16)23)9-17-18(24)22(19(25)27-17)10-12-13(20)4-3-5-14(12)21/h3-9,23H,2,10H2,1H3/b17-9+. The van der Waals surface area contributed by atoms with Gasteiger partial charge in [-0.05, 0) is 54.6 Å². The number of phenols is 1. The van der Waals surface area contributed by atoms with E-state index in [4.69, 9.17) is 16.3 Å². The van der Waals surface area contributed by atoms with Crippen molar-refractivity contribution in [3.63, 3.8) is 0 Å². The molecular formula is C19H15ClFNO4S. The van der Waals surface area contributed by atoms with Crippen molar-refractivity contribution in [1.82, 2.24) is 4.90 Å². The van der Waals surface area contributed by atoms with Gasteiger partial charge in [0.25, 0.3) is 11.1 Å². The average molecular weight is 408 g/mol. The number of amides is 2. The highest BCUT2D eigenvalue weighted by Gasteiger charge is 2.35. The van der Waals surface area contributed by atoms with Gasteiger partial charge in [-0.25, -0.2) is 4.39 Å². The van der Waals surface area contributed by atoms with E-state index in [0.29, 0.717) is 12.2 Å². The Hall–Kier alpha value is -2.51. The molecule has 0 atom stereocenters. The van der Waals surface area contributed by atoms with Crippen LogP contribution in [0.4, 0.5) is 9.18 Å². The first-order valence-corrected chi connectivity index (χ1v) is 9.24. The van der Waals surface area contributed by atoms with Crippen molar-refractivity contribution >= 4 is 40.6 Å². The van der Waals surface area contributed by atoms with Gasteiger partial charge >= 0.3 is 0 Å². The van der Waals surface area contributed by atoms with Crippen LogP contribution in [-0.2, 0) is 11.3 Å². The lowest BCUT2D eigenvalue weighted by molar-refractivity contribution is -0.123. The first kappa shape index (κ1) is 19.3. The maximum absolute atomic E-state index is 14.0. The van der Waals surface area contributed by atoms with Gasteiger partial charge in [-0.15, -0.1) is 0 Å². The van der Waals surface area contributed by atoms with Crippen LogP contribution in [0.2, 0.25) is 5.02 Å². The predicted molar refractivity (Wildman–Crippen MR) is 102 cm³/mol. The van der Waals surface area contributed by atoms with Gasteiger partial charge in [-0.2, -0.15) is 0 Å². The van der Waals surface area contributed by atoms with Crippen LogP contribution in [0, 0.1) is 5.82 Å². The van der Waals surface area contributed by atoms with Crippen LogP contribution < -0.4 is 4.74 Å². The Morgan fingerprint density at radius 3 is 2.78 bits per heavy atom. The molecular weight excluding hydrogens is 393 g/mol. The quantitative estimate of drug-likeness (QED) is 0.720. The summed E-state index contributed by atoms with van der Waals surface area (Å²) in [4.78, 5) is 26.0. The summed E-state index contributed by atoms with van der Waals surface area (Å²) in [6.07, 6.45) is 1.52. The fourth-order valence-electron chi connectivity index (χ4n) is 2.52. The Kier molecular flexibility index (Phi) is 5.72. The molecule has 0 unspecified atom stereocenters. The number of nitrogens with zero attached hydrogens (tertiary/aromatic N) is 1. The van der Waals surface area contributed by atoms with E-state index >= 15 is 0 Å². The van der Waals surface area contributed by atoms with Crippen molar-refractivity contribution in [3.05, 3.63) is 63.3 Å². The number of aromatic hydroxyl groups is 1. The number of imide groups is 1. The molecule has 0 radical (unpaired) electrons. The van der Waals surface area contributed by atoms with Crippen LogP contribution in [0.5, 0.6) is 11.5 Å². The molecule has 140 valence electrons. The average Bonchev–Trinajstić information content (AvgIpc) is 2.88. The zero-order valence-corrected chi connectivity index (χ0v) is 15.8. The summed E-state index contributed by atoms with van der Waals surface area (Å²) in [6, 6.07) is 8.79. The lowest BCUT2D eigenvalue weighted by Gasteiger charge is -2.14. The third-order valence-electron chi connectivity index (χ3n) is 3.83. The number of benzene rings is 2. The van der Waals surface area contributed by atoms with E-state index in [9.17, 15) is 19.1 Å². The van der Waals surface area contributed by atoms with Crippen LogP contribution >= 0.6 is 23.4 Å². The topological polar surface area (TPSA) is 66.8 Å². The highest BCUT2D eigenvalue weighted by atomic mass is 35.5. The van der Waals surface area contributed by atoms with Gasteiger partial charge < -0.3 is 9.84 Å². The molecule has 2 amide bonds. The van der Waals surface area contributed by atoms with E-state index in [2.05, 4.69) is 0 Å². The molecule has 5 nitrogen and oxygen atoms in total. The fourth-order valence-corrected chi connectivity index (χ4v) is 3.58. The maximum atomic E-state index is 14.0. The number of hydrogen-bond donors (Lipinski definition) is 1. The molecule has 3 rings (SSSR count). The molecule has 27 heavy (non-hydrogen) atoms. The number of thioether (sulfide) groups is 1. The second-order valence-corrected chi connectivity index (χ2v) is 7.03. The normalized spacial score (nSPS) is 15.7. The summed E-state index contributed by atoms with van der Waals surface area (Å²) in [5.41, 5.74) is 0.677. The highest BCUT2D eigenvalue weighted by Crippen LogP contribution is 2.36. The summed E-state index contributed by atoms with van der Waals surface area (Å²) in [5, 5.41) is 9.40. The van der Waals surface area contributed by atoms with Crippen molar-refractivity contribution in [3.8, 4) is 11.5 Å². The Morgan fingerprint density at radius 2 is 2.07 bits per heavy atom. The number of rotatable bonds is 5. The number of carbonyl (C=O) groups excluding carboxylic acids is 2. The Bertz CT molecular complexity index is 927.